The van der Waals surface area contributed by atoms with Crippen molar-refractivity contribution >= 4 is 17.5 Å². The van der Waals surface area contributed by atoms with E-state index in [9.17, 15) is 18.3 Å². The predicted octanol–water partition coefficient (Wildman–Crippen LogP) is 2.63. The number of aromatic nitrogens is 2. The maximum Gasteiger partial charge on any atom is 0.416 e. The van der Waals surface area contributed by atoms with Gasteiger partial charge in [0.15, 0.2) is 5.75 Å². The van der Waals surface area contributed by atoms with Crippen LogP contribution in [0.4, 0.5) is 19.1 Å². The summed E-state index contributed by atoms with van der Waals surface area (Å²) in [5.41, 5.74) is 4.34. The van der Waals surface area contributed by atoms with Gasteiger partial charge in [-0.2, -0.15) is 13.2 Å². The van der Waals surface area contributed by atoms with Gasteiger partial charge in [0.25, 0.3) is 0 Å². The number of aliphatic hydroxyl groups is 1. The van der Waals surface area contributed by atoms with Gasteiger partial charge in [-0.25, -0.2) is 9.97 Å². The Bertz CT molecular complexity index is 804. The van der Waals surface area contributed by atoms with Crippen molar-refractivity contribution in [2.24, 2.45) is 5.73 Å². The molecule has 1 aromatic carbocycles. The zero-order valence-electron chi connectivity index (χ0n) is 14.2. The third-order valence-corrected chi connectivity index (χ3v) is 4.76. The minimum absolute atomic E-state index is 0.0253. The highest BCUT2D eigenvalue weighted by Crippen LogP contribution is 2.35. The van der Waals surface area contributed by atoms with Crippen molar-refractivity contribution in [2.45, 2.75) is 24.7 Å². The summed E-state index contributed by atoms with van der Waals surface area (Å²) in [7, 11) is 0. The van der Waals surface area contributed by atoms with E-state index < -0.39 is 17.3 Å². The minimum Gasteiger partial charge on any atom is -0.486 e. The molecule has 6 nitrogen and oxygen atoms in total. The number of ether oxygens (including phenoxy) is 1. The Labute approximate surface area is 158 Å². The van der Waals surface area contributed by atoms with E-state index in [1.807, 2.05) is 4.90 Å². The van der Waals surface area contributed by atoms with Gasteiger partial charge >= 0.3 is 6.18 Å². The van der Waals surface area contributed by atoms with Gasteiger partial charge < -0.3 is 20.5 Å². The molecule has 10 heteroatoms. The molecule has 0 aliphatic carbocycles. The average molecular weight is 403 g/mol. The van der Waals surface area contributed by atoms with Gasteiger partial charge in [-0.05, 0) is 18.6 Å². The van der Waals surface area contributed by atoms with Crippen LogP contribution < -0.4 is 15.4 Å². The Hall–Kier alpha value is -2.10. The van der Waals surface area contributed by atoms with E-state index in [4.69, 9.17) is 22.1 Å². The lowest BCUT2D eigenvalue weighted by Crippen LogP contribution is -2.46. The molecule has 27 heavy (non-hydrogen) atoms. The number of nitrogens with two attached hydrogens (primary N) is 1. The van der Waals surface area contributed by atoms with Gasteiger partial charge in [-0.3, -0.25) is 0 Å². The van der Waals surface area contributed by atoms with Crippen LogP contribution in [-0.4, -0.2) is 40.3 Å². The summed E-state index contributed by atoms with van der Waals surface area (Å²) < 4.78 is 44.7. The van der Waals surface area contributed by atoms with Gasteiger partial charge in [0.2, 0.25) is 5.95 Å². The summed E-state index contributed by atoms with van der Waals surface area (Å²) in [4.78, 5) is 10.2. The number of hydrogen-bond donors (Lipinski definition) is 2. The molecule has 2 aromatic rings. The standard InChI is InChI=1S/C17H18ClF3N4O2/c18-14-3-1-2-13(17(19,20)21)12(14)8-27-11-6-23-15(24-7-11)25-5-4-16(22,9-25)10-26/h1-3,6-7,26H,4-5,8-10,22H2. The van der Waals surface area contributed by atoms with Crippen LogP contribution in [0, 0.1) is 0 Å². The molecule has 0 radical (unpaired) electrons. The van der Waals surface area contributed by atoms with Gasteiger partial charge in [0.05, 0.1) is 30.1 Å². The third-order valence-electron chi connectivity index (χ3n) is 4.41. The van der Waals surface area contributed by atoms with Crippen molar-refractivity contribution in [3.63, 3.8) is 0 Å². The molecule has 1 aliphatic heterocycles. The first-order chi connectivity index (χ1) is 12.7. The largest absolute Gasteiger partial charge is 0.486 e. The molecule has 0 spiro atoms. The maximum atomic E-state index is 13.1. The second kappa shape index (κ2) is 7.49. The van der Waals surface area contributed by atoms with E-state index in [0.29, 0.717) is 25.5 Å². The normalized spacial score (nSPS) is 20.1. The number of anilines is 1. The highest BCUT2D eigenvalue weighted by molar-refractivity contribution is 6.31. The zero-order valence-corrected chi connectivity index (χ0v) is 15.0. The zero-order chi connectivity index (χ0) is 19.7. The molecule has 1 unspecified atom stereocenters. The average Bonchev–Trinajstić information content (AvgIpc) is 3.03. The van der Waals surface area contributed by atoms with Crippen LogP contribution in [0.2, 0.25) is 5.02 Å². The van der Waals surface area contributed by atoms with Gasteiger partial charge in [0.1, 0.15) is 6.61 Å². The van der Waals surface area contributed by atoms with Crippen molar-refractivity contribution in [1.82, 2.24) is 9.97 Å². The summed E-state index contributed by atoms with van der Waals surface area (Å²) >= 11 is 5.90. The molecule has 0 saturated carbocycles. The summed E-state index contributed by atoms with van der Waals surface area (Å²) in [5.74, 6) is 0.629. The summed E-state index contributed by atoms with van der Waals surface area (Å²) in [5, 5.41) is 9.29. The second-order valence-electron chi connectivity index (χ2n) is 6.46. The highest BCUT2D eigenvalue weighted by atomic mass is 35.5. The van der Waals surface area contributed by atoms with E-state index in [1.165, 1.54) is 24.5 Å². The molecule has 1 saturated heterocycles. The smallest absolute Gasteiger partial charge is 0.416 e. The van der Waals surface area contributed by atoms with Crippen LogP contribution in [-0.2, 0) is 12.8 Å². The molecule has 3 rings (SSSR count). The SMILES string of the molecule is NC1(CO)CCN(c2ncc(OCc3c(Cl)cccc3C(F)(F)F)cn2)C1. The Morgan fingerprint density at radius 3 is 2.59 bits per heavy atom. The maximum absolute atomic E-state index is 13.1. The molecule has 0 amide bonds. The molecular weight excluding hydrogens is 385 g/mol. The van der Waals surface area contributed by atoms with E-state index >= 15 is 0 Å². The molecule has 146 valence electrons. The lowest BCUT2D eigenvalue weighted by atomic mass is 10.0. The topological polar surface area (TPSA) is 84.5 Å². The molecule has 1 aliphatic rings. The number of benzene rings is 1. The monoisotopic (exact) mass is 402 g/mol. The van der Waals surface area contributed by atoms with Crippen molar-refractivity contribution in [1.29, 1.82) is 0 Å². The van der Waals surface area contributed by atoms with Gasteiger partial charge in [0, 0.05) is 23.7 Å². The summed E-state index contributed by atoms with van der Waals surface area (Å²) in [6.45, 7) is 0.519. The summed E-state index contributed by atoms with van der Waals surface area (Å²) in [6, 6.07) is 3.58. The molecule has 1 aromatic heterocycles. The second-order valence-corrected chi connectivity index (χ2v) is 6.87. The van der Waals surface area contributed by atoms with Crippen LogP contribution in [0.3, 0.4) is 0 Å². The molecule has 2 heterocycles. The quantitative estimate of drug-likeness (QED) is 0.799. The van der Waals surface area contributed by atoms with Crippen LogP contribution >= 0.6 is 11.6 Å². The summed E-state index contributed by atoms with van der Waals surface area (Å²) in [6.07, 6.45) is -1.16. The Morgan fingerprint density at radius 2 is 2.00 bits per heavy atom. The molecule has 3 N–H and O–H groups in total. The van der Waals surface area contributed by atoms with E-state index in [1.54, 1.807) is 0 Å². The fourth-order valence-electron chi connectivity index (χ4n) is 2.87. The lowest BCUT2D eigenvalue weighted by molar-refractivity contribution is -0.138. The third kappa shape index (κ3) is 4.42. The van der Waals surface area contributed by atoms with Crippen LogP contribution in [0.1, 0.15) is 17.5 Å². The Kier molecular flexibility index (Phi) is 5.45. The Morgan fingerprint density at radius 1 is 1.30 bits per heavy atom. The number of nitrogens with zero attached hydrogens (tertiary/aromatic N) is 3. The van der Waals surface area contributed by atoms with Crippen LogP contribution in [0.25, 0.3) is 0 Å². The van der Waals surface area contributed by atoms with Crippen molar-refractivity contribution in [3.8, 4) is 5.75 Å². The number of halogens is 4. The molecule has 1 atom stereocenters. The predicted molar refractivity (Wildman–Crippen MR) is 93.7 cm³/mol. The fraction of sp³-hybridized carbons (Fsp3) is 0.412. The number of aliphatic hydroxyl groups excluding tert-OH is 1. The van der Waals surface area contributed by atoms with Crippen molar-refractivity contribution < 1.29 is 23.0 Å². The molecule has 0 bridgehead atoms. The number of rotatable bonds is 5. The van der Waals surface area contributed by atoms with Gasteiger partial charge in [-0.15, -0.1) is 0 Å². The van der Waals surface area contributed by atoms with E-state index in [-0.39, 0.29) is 29.5 Å². The first kappa shape index (κ1) is 19.7. The molecule has 1 fully saturated rings. The first-order valence-electron chi connectivity index (χ1n) is 8.16. The van der Waals surface area contributed by atoms with E-state index in [0.717, 1.165) is 6.07 Å². The van der Waals surface area contributed by atoms with E-state index in [2.05, 4.69) is 9.97 Å². The number of hydrogen-bond acceptors (Lipinski definition) is 6. The molecular formula is C17H18ClF3N4O2. The highest BCUT2D eigenvalue weighted by Gasteiger charge is 2.35. The van der Waals surface area contributed by atoms with Crippen molar-refractivity contribution in [2.75, 3.05) is 24.6 Å². The lowest BCUT2D eigenvalue weighted by Gasteiger charge is -2.21. The minimum atomic E-state index is -4.53. The van der Waals surface area contributed by atoms with Crippen LogP contribution in [0.5, 0.6) is 5.75 Å². The van der Waals surface area contributed by atoms with Gasteiger partial charge in [-0.1, -0.05) is 17.7 Å². The number of alkyl halides is 3. The Balaban J connectivity index is 1.69. The first-order valence-corrected chi connectivity index (χ1v) is 8.54. The van der Waals surface area contributed by atoms with Crippen molar-refractivity contribution in [3.05, 3.63) is 46.7 Å². The fourth-order valence-corrected chi connectivity index (χ4v) is 3.10. The van der Waals surface area contributed by atoms with Crippen LogP contribution in [0.15, 0.2) is 30.6 Å².